The average Bonchev–Trinajstić information content (AvgIpc) is 2.70. The van der Waals surface area contributed by atoms with E-state index in [4.69, 9.17) is 5.21 Å². The summed E-state index contributed by atoms with van der Waals surface area (Å²) in [6.45, 7) is 1.00. The quantitative estimate of drug-likeness (QED) is 0.438. The second kappa shape index (κ2) is 3.71. The Hall–Kier alpha value is -2.14. The normalized spacial score (nSPS) is 15.6. The van der Waals surface area contributed by atoms with E-state index >= 15 is 0 Å². The molecule has 0 saturated carbocycles. The molecule has 0 bridgehead atoms. The first-order valence-electron chi connectivity index (χ1n) is 5.35. The zero-order valence-corrected chi connectivity index (χ0v) is 9.05. The van der Waals surface area contributed by atoms with Crippen molar-refractivity contribution in [1.82, 2.24) is 9.88 Å². The number of carbonyl (C=O) groups excluding carboxylic acids is 1. The molecule has 1 aromatic carbocycles. The SMILES string of the molecule is O=C1CNCc2ccc(C=NO)c3ccn1c23. The van der Waals surface area contributed by atoms with Gasteiger partial charge in [0, 0.05) is 23.7 Å². The van der Waals surface area contributed by atoms with E-state index in [0.29, 0.717) is 13.1 Å². The van der Waals surface area contributed by atoms with E-state index in [1.54, 1.807) is 10.8 Å². The maximum absolute atomic E-state index is 11.8. The maximum atomic E-state index is 11.8. The molecule has 0 atom stereocenters. The molecule has 1 aliphatic rings. The van der Waals surface area contributed by atoms with Crippen molar-refractivity contribution in [2.45, 2.75) is 6.54 Å². The number of rotatable bonds is 1. The number of oxime groups is 1. The van der Waals surface area contributed by atoms with Gasteiger partial charge in [0.05, 0.1) is 18.3 Å². The number of nitrogens with zero attached hydrogens (tertiary/aromatic N) is 2. The fourth-order valence-corrected chi connectivity index (χ4v) is 2.27. The van der Waals surface area contributed by atoms with Crippen molar-refractivity contribution in [3.8, 4) is 0 Å². The molecule has 5 nitrogen and oxygen atoms in total. The molecule has 0 spiro atoms. The van der Waals surface area contributed by atoms with Gasteiger partial charge in [0.25, 0.3) is 0 Å². The Morgan fingerprint density at radius 1 is 1.35 bits per heavy atom. The number of hydrogen-bond donors (Lipinski definition) is 2. The molecule has 2 aromatic rings. The second-order valence-corrected chi connectivity index (χ2v) is 4.00. The molecule has 5 heteroatoms. The lowest BCUT2D eigenvalue weighted by Gasteiger charge is -2.04. The zero-order chi connectivity index (χ0) is 11.8. The smallest absolute Gasteiger partial charge is 0.245 e. The summed E-state index contributed by atoms with van der Waals surface area (Å²) in [5, 5.41) is 15.7. The van der Waals surface area contributed by atoms with Gasteiger partial charge in [-0.25, -0.2) is 0 Å². The van der Waals surface area contributed by atoms with Gasteiger partial charge in [-0.05, 0) is 11.6 Å². The average molecular weight is 229 g/mol. The van der Waals surface area contributed by atoms with Gasteiger partial charge in [-0.15, -0.1) is 0 Å². The van der Waals surface area contributed by atoms with Crippen molar-refractivity contribution in [3.63, 3.8) is 0 Å². The van der Waals surface area contributed by atoms with E-state index < -0.39 is 0 Å². The van der Waals surface area contributed by atoms with Crippen molar-refractivity contribution < 1.29 is 10.0 Å². The largest absolute Gasteiger partial charge is 0.411 e. The van der Waals surface area contributed by atoms with Crippen molar-refractivity contribution in [2.75, 3.05) is 6.54 Å². The predicted octanol–water partition coefficient (Wildman–Crippen LogP) is 1.19. The molecule has 0 radical (unpaired) electrons. The van der Waals surface area contributed by atoms with Crippen LogP contribution in [0.1, 0.15) is 15.9 Å². The molecular formula is C12H11N3O2. The van der Waals surface area contributed by atoms with Gasteiger partial charge in [-0.2, -0.15) is 0 Å². The van der Waals surface area contributed by atoms with E-state index in [2.05, 4.69) is 10.5 Å². The first-order valence-corrected chi connectivity index (χ1v) is 5.35. The minimum atomic E-state index is 0.0248. The Kier molecular flexibility index (Phi) is 2.19. The molecule has 0 saturated heterocycles. The van der Waals surface area contributed by atoms with Crippen LogP contribution in [0.15, 0.2) is 29.6 Å². The van der Waals surface area contributed by atoms with E-state index in [1.807, 2.05) is 18.2 Å². The van der Waals surface area contributed by atoms with Crippen LogP contribution >= 0.6 is 0 Å². The molecule has 0 fully saturated rings. The van der Waals surface area contributed by atoms with Crippen LogP contribution in [0.5, 0.6) is 0 Å². The fraction of sp³-hybridized carbons (Fsp3) is 0.167. The highest BCUT2D eigenvalue weighted by Crippen LogP contribution is 2.24. The van der Waals surface area contributed by atoms with Gasteiger partial charge < -0.3 is 10.5 Å². The summed E-state index contributed by atoms with van der Waals surface area (Å²) in [5.41, 5.74) is 2.78. The number of benzene rings is 1. The summed E-state index contributed by atoms with van der Waals surface area (Å²) in [4.78, 5) is 11.8. The van der Waals surface area contributed by atoms with Crippen molar-refractivity contribution in [3.05, 3.63) is 35.5 Å². The summed E-state index contributed by atoms with van der Waals surface area (Å²) in [5.74, 6) is 0.0248. The fourth-order valence-electron chi connectivity index (χ4n) is 2.27. The number of hydrogen-bond acceptors (Lipinski definition) is 4. The molecular weight excluding hydrogens is 218 g/mol. The summed E-state index contributed by atoms with van der Waals surface area (Å²) in [6, 6.07) is 5.71. The zero-order valence-electron chi connectivity index (χ0n) is 9.05. The maximum Gasteiger partial charge on any atom is 0.245 e. The summed E-state index contributed by atoms with van der Waals surface area (Å²) >= 11 is 0. The van der Waals surface area contributed by atoms with Gasteiger partial charge in [0.15, 0.2) is 0 Å². The summed E-state index contributed by atoms with van der Waals surface area (Å²) in [7, 11) is 0. The Morgan fingerprint density at radius 3 is 3.06 bits per heavy atom. The third-order valence-electron chi connectivity index (χ3n) is 3.02. The van der Waals surface area contributed by atoms with Crippen LogP contribution in [0.4, 0.5) is 0 Å². The van der Waals surface area contributed by atoms with Crippen molar-refractivity contribution in [1.29, 1.82) is 0 Å². The molecule has 2 N–H and O–H groups in total. The molecule has 2 heterocycles. The standard InChI is InChI=1S/C12H11N3O2/c16-11-7-13-5-9-2-1-8(6-14-17)10-3-4-15(11)12(9)10/h1-4,6,13,17H,5,7H2. The van der Waals surface area contributed by atoms with Crippen LogP contribution < -0.4 is 5.32 Å². The van der Waals surface area contributed by atoms with Crippen LogP contribution in [0.2, 0.25) is 0 Å². The van der Waals surface area contributed by atoms with E-state index in [0.717, 1.165) is 22.0 Å². The van der Waals surface area contributed by atoms with Crippen LogP contribution in [-0.2, 0) is 6.54 Å². The Balaban J connectivity index is 2.37. The lowest BCUT2D eigenvalue weighted by atomic mass is 10.1. The first kappa shape index (κ1) is 10.0. The highest BCUT2D eigenvalue weighted by atomic mass is 16.4. The van der Waals surface area contributed by atoms with Gasteiger partial charge in [-0.3, -0.25) is 9.36 Å². The van der Waals surface area contributed by atoms with E-state index in [9.17, 15) is 4.79 Å². The molecule has 1 aromatic heterocycles. The lowest BCUT2D eigenvalue weighted by Crippen LogP contribution is -2.23. The Bertz CT molecular complexity index is 628. The monoisotopic (exact) mass is 229 g/mol. The van der Waals surface area contributed by atoms with Crippen LogP contribution in [0.3, 0.4) is 0 Å². The minimum absolute atomic E-state index is 0.0248. The third-order valence-corrected chi connectivity index (χ3v) is 3.02. The van der Waals surface area contributed by atoms with Crippen LogP contribution in [0, 0.1) is 0 Å². The highest BCUT2D eigenvalue weighted by Gasteiger charge is 2.17. The Labute approximate surface area is 97.3 Å². The molecule has 0 aliphatic carbocycles. The lowest BCUT2D eigenvalue weighted by molar-refractivity contribution is 0.0920. The molecule has 86 valence electrons. The van der Waals surface area contributed by atoms with Crippen molar-refractivity contribution >= 4 is 23.0 Å². The van der Waals surface area contributed by atoms with Gasteiger partial charge in [0.1, 0.15) is 0 Å². The third kappa shape index (κ3) is 1.43. The predicted molar refractivity (Wildman–Crippen MR) is 63.7 cm³/mol. The molecule has 1 aliphatic heterocycles. The number of nitrogens with one attached hydrogen (secondary N) is 1. The highest BCUT2D eigenvalue weighted by molar-refractivity contribution is 6.04. The van der Waals surface area contributed by atoms with Gasteiger partial charge >= 0.3 is 0 Å². The molecule has 0 unspecified atom stereocenters. The topological polar surface area (TPSA) is 66.6 Å². The van der Waals surface area contributed by atoms with Gasteiger partial charge in [0.2, 0.25) is 5.91 Å². The molecule has 0 amide bonds. The Morgan fingerprint density at radius 2 is 2.24 bits per heavy atom. The number of aromatic nitrogens is 1. The molecule has 3 rings (SSSR count). The first-order chi connectivity index (χ1) is 8.31. The summed E-state index contributed by atoms with van der Waals surface area (Å²) in [6.07, 6.45) is 3.14. The van der Waals surface area contributed by atoms with Crippen LogP contribution in [0.25, 0.3) is 10.9 Å². The number of carbonyl (C=O) groups is 1. The van der Waals surface area contributed by atoms with Crippen molar-refractivity contribution in [2.24, 2.45) is 5.16 Å². The minimum Gasteiger partial charge on any atom is -0.411 e. The second-order valence-electron chi connectivity index (χ2n) is 4.00. The summed E-state index contributed by atoms with van der Waals surface area (Å²) < 4.78 is 1.65. The molecule has 17 heavy (non-hydrogen) atoms. The van der Waals surface area contributed by atoms with E-state index in [-0.39, 0.29) is 5.91 Å². The van der Waals surface area contributed by atoms with E-state index in [1.165, 1.54) is 6.21 Å². The van der Waals surface area contributed by atoms with Crippen LogP contribution in [-0.4, -0.2) is 28.4 Å². The van der Waals surface area contributed by atoms with Gasteiger partial charge in [-0.1, -0.05) is 17.3 Å².